The van der Waals surface area contributed by atoms with Gasteiger partial charge in [0.25, 0.3) is 0 Å². The Bertz CT molecular complexity index is 828. The molecular formula is C14H7ClFNO3. The lowest BCUT2D eigenvalue weighted by Crippen LogP contribution is -1.94. The molecule has 0 spiro atoms. The number of carboxylic acids is 1. The third kappa shape index (κ3) is 2.12. The zero-order valence-corrected chi connectivity index (χ0v) is 10.7. The smallest absolute Gasteiger partial charge is 0.335 e. The van der Waals surface area contributed by atoms with Gasteiger partial charge in [-0.05, 0) is 36.4 Å². The van der Waals surface area contributed by atoms with Crippen molar-refractivity contribution in [3.05, 3.63) is 52.8 Å². The highest BCUT2D eigenvalue weighted by Crippen LogP contribution is 2.30. The quantitative estimate of drug-likeness (QED) is 0.775. The average Bonchev–Trinajstić information content (AvgIpc) is 2.80. The number of hydrogen-bond acceptors (Lipinski definition) is 3. The Balaban J connectivity index is 2.15. The van der Waals surface area contributed by atoms with E-state index in [0.29, 0.717) is 16.7 Å². The van der Waals surface area contributed by atoms with Crippen LogP contribution in [0.4, 0.5) is 4.39 Å². The van der Waals surface area contributed by atoms with E-state index >= 15 is 0 Å². The van der Waals surface area contributed by atoms with Gasteiger partial charge in [-0.3, -0.25) is 0 Å². The minimum Gasteiger partial charge on any atom is -0.478 e. The second-order valence-electron chi connectivity index (χ2n) is 4.13. The summed E-state index contributed by atoms with van der Waals surface area (Å²) in [7, 11) is 0. The van der Waals surface area contributed by atoms with E-state index in [2.05, 4.69) is 4.98 Å². The van der Waals surface area contributed by atoms with E-state index in [0.717, 1.165) is 6.07 Å². The Morgan fingerprint density at radius 2 is 2.05 bits per heavy atom. The first-order valence-electron chi connectivity index (χ1n) is 5.64. The minimum absolute atomic E-state index is 0.102. The highest BCUT2D eigenvalue weighted by molar-refractivity contribution is 6.33. The normalized spacial score (nSPS) is 10.9. The largest absolute Gasteiger partial charge is 0.478 e. The summed E-state index contributed by atoms with van der Waals surface area (Å²) >= 11 is 5.94. The molecule has 100 valence electrons. The molecule has 0 saturated heterocycles. The van der Waals surface area contributed by atoms with Gasteiger partial charge >= 0.3 is 5.97 Å². The summed E-state index contributed by atoms with van der Waals surface area (Å²) in [5.74, 6) is -1.29. The maximum atomic E-state index is 13.0. The van der Waals surface area contributed by atoms with Gasteiger partial charge in [-0.15, -0.1) is 0 Å². The summed E-state index contributed by atoms with van der Waals surface area (Å²) in [5, 5.41) is 9.09. The molecule has 1 heterocycles. The molecule has 4 nitrogen and oxygen atoms in total. The van der Waals surface area contributed by atoms with Crippen LogP contribution in [0.15, 0.2) is 40.8 Å². The second kappa shape index (κ2) is 4.61. The average molecular weight is 292 g/mol. The lowest BCUT2D eigenvalue weighted by molar-refractivity contribution is 0.0697. The molecule has 0 amide bonds. The summed E-state index contributed by atoms with van der Waals surface area (Å²) < 4.78 is 18.5. The molecule has 0 atom stereocenters. The fourth-order valence-electron chi connectivity index (χ4n) is 1.84. The van der Waals surface area contributed by atoms with Crippen molar-refractivity contribution in [2.45, 2.75) is 0 Å². The lowest BCUT2D eigenvalue weighted by Gasteiger charge is -1.98. The molecule has 1 aromatic heterocycles. The number of benzene rings is 2. The zero-order chi connectivity index (χ0) is 14.3. The van der Waals surface area contributed by atoms with E-state index < -0.39 is 11.8 Å². The molecule has 6 heteroatoms. The fourth-order valence-corrected chi connectivity index (χ4v) is 2.08. The van der Waals surface area contributed by atoms with Crippen molar-refractivity contribution in [2.24, 2.45) is 0 Å². The highest BCUT2D eigenvalue weighted by Gasteiger charge is 2.13. The lowest BCUT2D eigenvalue weighted by atomic mass is 10.2. The van der Waals surface area contributed by atoms with Crippen molar-refractivity contribution in [1.82, 2.24) is 4.98 Å². The molecule has 3 aromatic rings. The number of carbonyl (C=O) groups is 1. The Labute approximate surface area is 117 Å². The van der Waals surface area contributed by atoms with Gasteiger partial charge in [-0.1, -0.05) is 11.6 Å². The zero-order valence-electron chi connectivity index (χ0n) is 9.93. The second-order valence-corrected chi connectivity index (χ2v) is 4.54. The fraction of sp³-hybridized carbons (Fsp3) is 0. The van der Waals surface area contributed by atoms with Crippen molar-refractivity contribution in [3.8, 4) is 11.5 Å². The van der Waals surface area contributed by atoms with Crippen LogP contribution in [0.25, 0.3) is 22.6 Å². The summed E-state index contributed by atoms with van der Waals surface area (Å²) in [6.45, 7) is 0. The van der Waals surface area contributed by atoms with Crippen molar-refractivity contribution in [2.75, 3.05) is 0 Å². The third-order valence-electron chi connectivity index (χ3n) is 2.80. The molecule has 0 saturated carbocycles. The molecule has 1 N–H and O–H groups in total. The number of aromatic carboxylic acids is 1. The summed E-state index contributed by atoms with van der Waals surface area (Å²) in [4.78, 5) is 15.1. The third-order valence-corrected chi connectivity index (χ3v) is 3.11. The van der Waals surface area contributed by atoms with Crippen LogP contribution in [0.2, 0.25) is 5.02 Å². The van der Waals surface area contributed by atoms with Gasteiger partial charge in [0.05, 0.1) is 16.1 Å². The molecule has 3 rings (SSSR count). The van der Waals surface area contributed by atoms with E-state index in [1.54, 1.807) is 6.07 Å². The molecule has 0 radical (unpaired) electrons. The first kappa shape index (κ1) is 12.6. The Kier molecular flexibility index (Phi) is 2.91. The van der Waals surface area contributed by atoms with Gasteiger partial charge in [0.15, 0.2) is 5.58 Å². The van der Waals surface area contributed by atoms with Crippen LogP contribution in [0, 0.1) is 5.82 Å². The van der Waals surface area contributed by atoms with E-state index in [4.69, 9.17) is 21.1 Å². The Morgan fingerprint density at radius 3 is 2.75 bits per heavy atom. The van der Waals surface area contributed by atoms with Crippen LogP contribution in [-0.2, 0) is 0 Å². The van der Waals surface area contributed by atoms with E-state index in [1.165, 1.54) is 24.3 Å². The van der Waals surface area contributed by atoms with Crippen molar-refractivity contribution < 1.29 is 18.7 Å². The molecular weight excluding hydrogens is 285 g/mol. The number of carboxylic acid groups (broad SMARTS) is 1. The topological polar surface area (TPSA) is 63.3 Å². The number of nitrogens with zero attached hydrogens (tertiary/aromatic N) is 1. The molecule has 2 aromatic carbocycles. The van der Waals surface area contributed by atoms with E-state index in [9.17, 15) is 9.18 Å². The molecule has 0 fully saturated rings. The van der Waals surface area contributed by atoms with Gasteiger partial charge in [0.2, 0.25) is 5.89 Å². The van der Waals surface area contributed by atoms with E-state index in [1.807, 2.05) is 0 Å². The van der Waals surface area contributed by atoms with Crippen LogP contribution >= 0.6 is 11.6 Å². The van der Waals surface area contributed by atoms with Crippen LogP contribution in [0.5, 0.6) is 0 Å². The monoisotopic (exact) mass is 291 g/mol. The first-order valence-corrected chi connectivity index (χ1v) is 6.02. The number of fused-ring (bicyclic) bond motifs is 1. The molecule has 0 aliphatic rings. The molecule has 0 aliphatic carbocycles. The van der Waals surface area contributed by atoms with Crippen LogP contribution in [0.1, 0.15) is 10.4 Å². The van der Waals surface area contributed by atoms with Crippen LogP contribution in [-0.4, -0.2) is 16.1 Å². The van der Waals surface area contributed by atoms with Gasteiger partial charge in [-0.25, -0.2) is 14.2 Å². The van der Waals surface area contributed by atoms with Crippen molar-refractivity contribution in [1.29, 1.82) is 0 Å². The van der Waals surface area contributed by atoms with Gasteiger partial charge in [0.1, 0.15) is 11.3 Å². The Morgan fingerprint density at radius 1 is 1.25 bits per heavy atom. The van der Waals surface area contributed by atoms with Crippen molar-refractivity contribution >= 4 is 28.7 Å². The van der Waals surface area contributed by atoms with Gasteiger partial charge < -0.3 is 9.52 Å². The first-order chi connectivity index (χ1) is 9.54. The van der Waals surface area contributed by atoms with Crippen molar-refractivity contribution in [3.63, 3.8) is 0 Å². The maximum Gasteiger partial charge on any atom is 0.335 e. The number of halogens is 2. The van der Waals surface area contributed by atoms with Gasteiger partial charge in [-0.2, -0.15) is 0 Å². The Hall–Kier alpha value is -2.40. The predicted molar refractivity (Wildman–Crippen MR) is 71.4 cm³/mol. The number of aromatic nitrogens is 1. The summed E-state index contributed by atoms with van der Waals surface area (Å²) in [6.07, 6.45) is 0. The minimum atomic E-state index is -1.05. The molecule has 0 unspecified atom stereocenters. The standard InChI is InChI=1S/C14H7ClFNO3/c15-10-6-8(16)2-3-9(10)13-17-11-4-1-7(14(18)19)5-12(11)20-13/h1-6H,(H,18,19). The van der Waals surface area contributed by atoms with E-state index in [-0.39, 0.29) is 16.5 Å². The predicted octanol–water partition coefficient (Wildman–Crippen LogP) is 3.99. The molecule has 0 bridgehead atoms. The summed E-state index contributed by atoms with van der Waals surface area (Å²) in [6, 6.07) is 8.23. The number of rotatable bonds is 2. The SMILES string of the molecule is O=C(O)c1ccc2nc(-c3ccc(F)cc3Cl)oc2c1. The highest BCUT2D eigenvalue weighted by atomic mass is 35.5. The van der Waals surface area contributed by atoms with Crippen LogP contribution < -0.4 is 0 Å². The number of hydrogen-bond donors (Lipinski definition) is 1. The summed E-state index contributed by atoms with van der Waals surface area (Å²) in [5.41, 5.74) is 1.39. The van der Waals surface area contributed by atoms with Gasteiger partial charge in [0, 0.05) is 0 Å². The molecule has 20 heavy (non-hydrogen) atoms. The van der Waals surface area contributed by atoms with Crippen LogP contribution in [0.3, 0.4) is 0 Å². The molecule has 0 aliphatic heterocycles. The number of oxazole rings is 1. The maximum absolute atomic E-state index is 13.0.